The van der Waals surface area contributed by atoms with E-state index in [1.165, 1.54) is 5.06 Å². The van der Waals surface area contributed by atoms with E-state index in [1.54, 1.807) is 4.90 Å². The fourth-order valence-corrected chi connectivity index (χ4v) is 1.64. The minimum absolute atomic E-state index is 0.510. The average Bonchev–Trinajstić information content (AvgIpc) is 2.34. The van der Waals surface area contributed by atoms with Crippen LogP contribution in [0.2, 0.25) is 0 Å². The smallest absolute Gasteiger partial charge is 0.209 e. The van der Waals surface area contributed by atoms with Crippen LogP contribution in [-0.2, 0) is 4.79 Å². The predicted molar refractivity (Wildman–Crippen MR) is 61.1 cm³/mol. The lowest BCUT2D eigenvalue weighted by Crippen LogP contribution is -2.39. The fourth-order valence-electron chi connectivity index (χ4n) is 1.64. The SMILES string of the molecule is CCN1CCN(O)CCN(C=O)CCNC1. The topological polar surface area (TPSA) is 59.1 Å². The second kappa shape index (κ2) is 7.56. The maximum Gasteiger partial charge on any atom is 0.209 e. The number of nitrogens with one attached hydrogen (secondary N) is 1. The van der Waals surface area contributed by atoms with Gasteiger partial charge in [-0.05, 0) is 6.54 Å². The number of likely N-dealkylation sites (N-methyl/N-ethyl adjacent to an activating group) is 1. The zero-order valence-corrected chi connectivity index (χ0v) is 9.93. The highest BCUT2D eigenvalue weighted by Crippen LogP contribution is 1.92. The van der Waals surface area contributed by atoms with Gasteiger partial charge in [-0.2, -0.15) is 5.06 Å². The third-order valence-corrected chi connectivity index (χ3v) is 2.83. The van der Waals surface area contributed by atoms with Crippen molar-refractivity contribution in [2.24, 2.45) is 0 Å². The van der Waals surface area contributed by atoms with Crippen LogP contribution in [0.3, 0.4) is 0 Å². The van der Waals surface area contributed by atoms with Crippen molar-refractivity contribution in [2.45, 2.75) is 6.92 Å². The van der Waals surface area contributed by atoms with Crippen molar-refractivity contribution in [1.82, 2.24) is 20.2 Å². The van der Waals surface area contributed by atoms with E-state index in [9.17, 15) is 10.0 Å². The maximum absolute atomic E-state index is 10.7. The molecule has 0 saturated carbocycles. The lowest BCUT2D eigenvalue weighted by molar-refractivity contribution is -0.122. The molecule has 1 aliphatic heterocycles. The van der Waals surface area contributed by atoms with Crippen molar-refractivity contribution in [3.8, 4) is 0 Å². The molecule has 0 aromatic heterocycles. The van der Waals surface area contributed by atoms with Gasteiger partial charge in [0.05, 0.1) is 0 Å². The van der Waals surface area contributed by atoms with Gasteiger partial charge in [-0.1, -0.05) is 6.92 Å². The molecule has 0 spiro atoms. The summed E-state index contributed by atoms with van der Waals surface area (Å²) in [6.07, 6.45) is 0.838. The van der Waals surface area contributed by atoms with Gasteiger partial charge in [-0.3, -0.25) is 9.69 Å². The number of nitrogens with zero attached hydrogens (tertiary/aromatic N) is 3. The number of rotatable bonds is 2. The van der Waals surface area contributed by atoms with Crippen molar-refractivity contribution in [1.29, 1.82) is 0 Å². The summed E-state index contributed by atoms with van der Waals surface area (Å²) in [5.74, 6) is 0. The Kier molecular flexibility index (Phi) is 6.32. The van der Waals surface area contributed by atoms with Crippen LogP contribution in [-0.4, -0.2) is 79.0 Å². The summed E-state index contributed by atoms with van der Waals surface area (Å²) < 4.78 is 0. The molecule has 1 amide bonds. The van der Waals surface area contributed by atoms with Crippen molar-refractivity contribution in [3.05, 3.63) is 0 Å². The first-order chi connectivity index (χ1) is 7.76. The summed E-state index contributed by atoms with van der Waals surface area (Å²) in [7, 11) is 0. The number of amides is 1. The highest BCUT2D eigenvalue weighted by atomic mass is 16.5. The molecule has 1 aliphatic rings. The van der Waals surface area contributed by atoms with Crippen molar-refractivity contribution in [3.63, 3.8) is 0 Å². The van der Waals surface area contributed by atoms with Crippen LogP contribution < -0.4 is 5.32 Å². The van der Waals surface area contributed by atoms with E-state index in [0.717, 1.165) is 32.7 Å². The van der Waals surface area contributed by atoms with Crippen molar-refractivity contribution < 1.29 is 10.0 Å². The summed E-state index contributed by atoms with van der Waals surface area (Å²) in [5.41, 5.74) is 0. The molecule has 0 radical (unpaired) electrons. The highest BCUT2D eigenvalue weighted by Gasteiger charge is 2.10. The van der Waals surface area contributed by atoms with Crippen LogP contribution in [0, 0.1) is 0 Å². The molecule has 0 aliphatic carbocycles. The van der Waals surface area contributed by atoms with E-state index in [4.69, 9.17) is 0 Å². The Morgan fingerprint density at radius 1 is 1.25 bits per heavy atom. The zero-order chi connectivity index (χ0) is 11.8. The fraction of sp³-hybridized carbons (Fsp3) is 0.900. The molecule has 0 aromatic carbocycles. The molecule has 0 atom stereocenters. The van der Waals surface area contributed by atoms with Gasteiger partial charge < -0.3 is 15.4 Å². The lowest BCUT2D eigenvalue weighted by Gasteiger charge is -2.22. The van der Waals surface area contributed by atoms with Gasteiger partial charge in [0.25, 0.3) is 0 Å². The van der Waals surface area contributed by atoms with E-state index in [-0.39, 0.29) is 0 Å². The van der Waals surface area contributed by atoms with Crippen LogP contribution in [0.4, 0.5) is 0 Å². The second-order valence-corrected chi connectivity index (χ2v) is 3.96. The second-order valence-electron chi connectivity index (χ2n) is 3.96. The zero-order valence-electron chi connectivity index (χ0n) is 9.93. The first-order valence-electron chi connectivity index (χ1n) is 5.82. The quantitative estimate of drug-likeness (QED) is 0.597. The van der Waals surface area contributed by atoms with Crippen molar-refractivity contribution >= 4 is 6.41 Å². The minimum Gasteiger partial charge on any atom is -0.343 e. The van der Waals surface area contributed by atoms with Gasteiger partial charge in [0, 0.05) is 45.9 Å². The molecular weight excluding hydrogens is 208 g/mol. The van der Waals surface area contributed by atoms with Crippen LogP contribution >= 0.6 is 0 Å². The monoisotopic (exact) mass is 230 g/mol. The summed E-state index contributed by atoms with van der Waals surface area (Å²) in [5, 5.41) is 14.2. The number of hydroxylamine groups is 2. The number of carbonyl (C=O) groups is 1. The maximum atomic E-state index is 10.7. The molecular formula is C10H22N4O2. The molecule has 1 rings (SSSR count). The molecule has 1 fully saturated rings. The third kappa shape index (κ3) is 4.89. The van der Waals surface area contributed by atoms with E-state index < -0.39 is 0 Å². The Morgan fingerprint density at radius 2 is 2.00 bits per heavy atom. The van der Waals surface area contributed by atoms with Gasteiger partial charge >= 0.3 is 0 Å². The van der Waals surface area contributed by atoms with Crippen LogP contribution in [0.25, 0.3) is 0 Å². The minimum atomic E-state index is 0.510. The molecule has 16 heavy (non-hydrogen) atoms. The highest BCUT2D eigenvalue weighted by molar-refractivity contribution is 5.46. The van der Waals surface area contributed by atoms with E-state index in [2.05, 4.69) is 17.1 Å². The van der Waals surface area contributed by atoms with E-state index >= 15 is 0 Å². The number of hydrogen-bond donors (Lipinski definition) is 2. The molecule has 2 N–H and O–H groups in total. The molecule has 1 heterocycles. The number of carbonyl (C=O) groups excluding carboxylic acids is 1. The molecule has 94 valence electrons. The average molecular weight is 230 g/mol. The summed E-state index contributed by atoms with van der Waals surface area (Å²) in [6.45, 7) is 7.87. The molecule has 6 nitrogen and oxygen atoms in total. The van der Waals surface area contributed by atoms with Gasteiger partial charge in [0.2, 0.25) is 6.41 Å². The lowest BCUT2D eigenvalue weighted by atomic mass is 10.4. The Morgan fingerprint density at radius 3 is 2.69 bits per heavy atom. The molecule has 0 bridgehead atoms. The van der Waals surface area contributed by atoms with E-state index in [0.29, 0.717) is 26.2 Å². The normalized spacial score (nSPS) is 22.8. The van der Waals surface area contributed by atoms with Crippen LogP contribution in [0.15, 0.2) is 0 Å². The Bertz CT molecular complexity index is 203. The molecule has 0 unspecified atom stereocenters. The molecule has 0 aromatic rings. The number of hydrogen-bond acceptors (Lipinski definition) is 5. The summed E-state index contributed by atoms with van der Waals surface area (Å²) in [4.78, 5) is 14.6. The third-order valence-electron chi connectivity index (χ3n) is 2.83. The Hall–Kier alpha value is -0.690. The molecule has 6 heteroatoms. The van der Waals surface area contributed by atoms with Gasteiger partial charge in [-0.15, -0.1) is 0 Å². The first kappa shape index (κ1) is 13.4. The van der Waals surface area contributed by atoms with Gasteiger partial charge in [0.1, 0.15) is 0 Å². The van der Waals surface area contributed by atoms with Crippen molar-refractivity contribution in [2.75, 3.05) is 52.5 Å². The van der Waals surface area contributed by atoms with Crippen LogP contribution in [0.1, 0.15) is 6.92 Å². The van der Waals surface area contributed by atoms with Gasteiger partial charge in [-0.25, -0.2) is 0 Å². The largest absolute Gasteiger partial charge is 0.343 e. The van der Waals surface area contributed by atoms with E-state index in [1.807, 2.05) is 0 Å². The Labute approximate surface area is 96.8 Å². The summed E-state index contributed by atoms with van der Waals surface area (Å²) >= 11 is 0. The molecule has 1 saturated heterocycles. The Balaban J connectivity index is 2.43. The van der Waals surface area contributed by atoms with Gasteiger partial charge in [0.15, 0.2) is 0 Å². The predicted octanol–water partition coefficient (Wildman–Crippen LogP) is -0.981. The van der Waals surface area contributed by atoms with Crippen LogP contribution in [0.5, 0.6) is 0 Å². The summed E-state index contributed by atoms with van der Waals surface area (Å²) in [6, 6.07) is 0. The first-order valence-corrected chi connectivity index (χ1v) is 5.82. The standard InChI is InChI=1S/C10H22N4O2/c1-2-12-5-7-14(16)8-6-13(10-15)4-3-11-9-12/h10-11,16H,2-9H2,1H3.